The number of aliphatic hydroxyl groups is 1. The van der Waals surface area contributed by atoms with Crippen LogP contribution >= 0.6 is 0 Å². The Morgan fingerprint density at radius 2 is 1.79 bits per heavy atom. The fourth-order valence-electron chi connectivity index (χ4n) is 4.54. The predicted octanol–water partition coefficient (Wildman–Crippen LogP) is 2.85. The molecule has 1 N–H and O–H groups in total. The maximum Gasteiger partial charge on any atom is 0.295 e. The van der Waals surface area contributed by atoms with E-state index in [1.807, 2.05) is 18.2 Å². The molecule has 1 atom stereocenters. The van der Waals surface area contributed by atoms with Crippen LogP contribution in [0.3, 0.4) is 0 Å². The minimum absolute atomic E-state index is 0.0501. The first-order chi connectivity index (χ1) is 16.5. The van der Waals surface area contributed by atoms with E-state index >= 15 is 0 Å². The molecule has 0 radical (unpaired) electrons. The van der Waals surface area contributed by atoms with Crippen molar-refractivity contribution < 1.29 is 28.9 Å². The Hall–Kier alpha value is -3.36. The zero-order valence-corrected chi connectivity index (χ0v) is 19.5. The molecule has 2 fully saturated rings. The summed E-state index contributed by atoms with van der Waals surface area (Å²) in [7, 11) is 3.08. The number of para-hydroxylation sites is 1. The second-order valence-electron chi connectivity index (χ2n) is 8.27. The minimum atomic E-state index is -0.757. The second kappa shape index (κ2) is 10.7. The molecule has 2 heterocycles. The zero-order valence-electron chi connectivity index (χ0n) is 19.5. The van der Waals surface area contributed by atoms with Gasteiger partial charge >= 0.3 is 0 Å². The number of aliphatic hydroxyl groups excluding tert-OH is 1. The van der Waals surface area contributed by atoms with Crippen LogP contribution in [0.15, 0.2) is 54.1 Å². The molecule has 0 aliphatic carbocycles. The molecule has 8 heteroatoms. The van der Waals surface area contributed by atoms with Crippen LogP contribution in [-0.2, 0) is 14.3 Å². The van der Waals surface area contributed by atoms with Crippen molar-refractivity contribution in [2.24, 2.45) is 0 Å². The normalized spacial score (nSPS) is 20.5. The molecule has 1 unspecified atom stereocenters. The lowest BCUT2D eigenvalue weighted by molar-refractivity contribution is -0.140. The van der Waals surface area contributed by atoms with Crippen LogP contribution in [0, 0.1) is 0 Å². The number of methoxy groups -OCH3 is 2. The SMILES string of the molecule is COc1cccc(/C(O)=C2/C(=O)C(=O)N(CCCN3CCOCC3)C2c2ccccc2OC)c1. The van der Waals surface area contributed by atoms with Crippen LogP contribution in [0.5, 0.6) is 11.5 Å². The van der Waals surface area contributed by atoms with Gasteiger partial charge in [-0.1, -0.05) is 30.3 Å². The van der Waals surface area contributed by atoms with Gasteiger partial charge in [0.25, 0.3) is 11.7 Å². The Balaban J connectivity index is 1.72. The van der Waals surface area contributed by atoms with Crippen molar-refractivity contribution in [3.05, 3.63) is 65.2 Å². The summed E-state index contributed by atoms with van der Waals surface area (Å²) >= 11 is 0. The molecule has 1 amide bonds. The lowest BCUT2D eigenvalue weighted by Crippen LogP contribution is -2.39. The Bertz CT molecular complexity index is 1080. The molecule has 8 nitrogen and oxygen atoms in total. The highest BCUT2D eigenvalue weighted by molar-refractivity contribution is 6.46. The average molecular weight is 467 g/mol. The summed E-state index contributed by atoms with van der Waals surface area (Å²) in [6.45, 7) is 4.27. The molecule has 2 aromatic carbocycles. The number of ether oxygens (including phenoxy) is 3. The van der Waals surface area contributed by atoms with E-state index in [1.165, 1.54) is 7.11 Å². The number of morpholine rings is 1. The van der Waals surface area contributed by atoms with Crippen LogP contribution in [0.4, 0.5) is 0 Å². The Morgan fingerprint density at radius 1 is 1.03 bits per heavy atom. The van der Waals surface area contributed by atoms with Gasteiger partial charge in [0, 0.05) is 37.3 Å². The van der Waals surface area contributed by atoms with Crippen LogP contribution in [0.1, 0.15) is 23.6 Å². The Morgan fingerprint density at radius 3 is 2.53 bits per heavy atom. The summed E-state index contributed by atoms with van der Waals surface area (Å²) in [4.78, 5) is 30.2. The van der Waals surface area contributed by atoms with Gasteiger partial charge < -0.3 is 24.2 Å². The number of nitrogens with zero attached hydrogens (tertiary/aromatic N) is 2. The highest BCUT2D eigenvalue weighted by atomic mass is 16.5. The monoisotopic (exact) mass is 466 g/mol. The maximum absolute atomic E-state index is 13.2. The molecular formula is C26H30N2O6. The smallest absolute Gasteiger partial charge is 0.295 e. The molecule has 2 aliphatic heterocycles. The van der Waals surface area contributed by atoms with Crippen LogP contribution in [-0.4, -0.2) is 80.2 Å². The van der Waals surface area contributed by atoms with Gasteiger partial charge in [-0.15, -0.1) is 0 Å². The highest BCUT2D eigenvalue weighted by Gasteiger charge is 2.46. The van der Waals surface area contributed by atoms with Gasteiger partial charge in [-0.25, -0.2) is 0 Å². The molecule has 180 valence electrons. The molecule has 2 saturated heterocycles. The third kappa shape index (κ3) is 4.78. The van der Waals surface area contributed by atoms with Crippen molar-refractivity contribution in [1.82, 2.24) is 9.80 Å². The van der Waals surface area contributed by atoms with E-state index in [-0.39, 0.29) is 11.3 Å². The van der Waals surface area contributed by atoms with E-state index in [0.717, 1.165) is 19.6 Å². The molecule has 0 bridgehead atoms. The number of benzene rings is 2. The number of carbonyl (C=O) groups excluding carboxylic acids is 2. The van der Waals surface area contributed by atoms with Crippen molar-refractivity contribution in [3.63, 3.8) is 0 Å². The molecular weight excluding hydrogens is 436 g/mol. The van der Waals surface area contributed by atoms with Gasteiger partial charge in [0.2, 0.25) is 0 Å². The number of ketones is 1. The van der Waals surface area contributed by atoms with E-state index in [1.54, 1.807) is 42.3 Å². The fourth-order valence-corrected chi connectivity index (χ4v) is 4.54. The van der Waals surface area contributed by atoms with Crippen molar-refractivity contribution >= 4 is 17.4 Å². The number of amides is 1. The molecule has 0 aromatic heterocycles. The minimum Gasteiger partial charge on any atom is -0.507 e. The summed E-state index contributed by atoms with van der Waals surface area (Å²) < 4.78 is 16.2. The number of hydrogen-bond donors (Lipinski definition) is 1. The van der Waals surface area contributed by atoms with Crippen LogP contribution in [0.2, 0.25) is 0 Å². The first-order valence-electron chi connectivity index (χ1n) is 11.4. The molecule has 34 heavy (non-hydrogen) atoms. The van der Waals surface area contributed by atoms with Gasteiger partial charge in [-0.3, -0.25) is 14.5 Å². The lowest BCUT2D eigenvalue weighted by atomic mass is 9.94. The van der Waals surface area contributed by atoms with Gasteiger partial charge in [-0.2, -0.15) is 0 Å². The first-order valence-corrected chi connectivity index (χ1v) is 11.4. The van der Waals surface area contributed by atoms with Gasteiger partial charge in [0.05, 0.1) is 39.0 Å². The van der Waals surface area contributed by atoms with E-state index in [4.69, 9.17) is 14.2 Å². The topological polar surface area (TPSA) is 88.5 Å². The van der Waals surface area contributed by atoms with Crippen molar-refractivity contribution in [2.45, 2.75) is 12.5 Å². The number of likely N-dealkylation sites (tertiary alicyclic amines) is 1. The highest BCUT2D eigenvalue weighted by Crippen LogP contribution is 2.42. The summed E-state index contributed by atoms with van der Waals surface area (Å²) in [6.07, 6.45) is 0.692. The van der Waals surface area contributed by atoms with Gasteiger partial charge in [-0.05, 0) is 24.6 Å². The summed E-state index contributed by atoms with van der Waals surface area (Å²) in [5.41, 5.74) is 1.11. The average Bonchev–Trinajstić information content (AvgIpc) is 3.13. The molecule has 0 saturated carbocycles. The van der Waals surface area contributed by atoms with E-state index < -0.39 is 17.7 Å². The Labute approximate surface area is 199 Å². The van der Waals surface area contributed by atoms with Gasteiger partial charge in [0.1, 0.15) is 17.3 Å². The van der Waals surface area contributed by atoms with Crippen LogP contribution < -0.4 is 9.47 Å². The lowest BCUT2D eigenvalue weighted by Gasteiger charge is -2.29. The summed E-state index contributed by atoms with van der Waals surface area (Å²) in [6, 6.07) is 13.3. The second-order valence-corrected chi connectivity index (χ2v) is 8.27. The van der Waals surface area contributed by atoms with E-state index in [2.05, 4.69) is 4.90 Å². The quantitative estimate of drug-likeness (QED) is 0.364. The predicted molar refractivity (Wildman–Crippen MR) is 127 cm³/mol. The fraction of sp³-hybridized carbons (Fsp3) is 0.385. The van der Waals surface area contributed by atoms with Gasteiger partial charge in [0.15, 0.2) is 0 Å². The Kier molecular flexibility index (Phi) is 7.49. The summed E-state index contributed by atoms with van der Waals surface area (Å²) in [5.74, 6) is -0.476. The molecule has 0 spiro atoms. The van der Waals surface area contributed by atoms with Crippen molar-refractivity contribution in [2.75, 3.05) is 53.6 Å². The standard InChI is InChI=1S/C26H30N2O6/c1-32-19-8-5-7-18(17-19)24(29)22-23(20-9-3-4-10-21(20)33-2)28(26(31)25(22)30)12-6-11-27-13-15-34-16-14-27/h3-5,7-10,17,23,29H,6,11-16H2,1-2H3/b24-22-. The van der Waals surface area contributed by atoms with E-state index in [0.29, 0.717) is 48.8 Å². The summed E-state index contributed by atoms with van der Waals surface area (Å²) in [5, 5.41) is 11.2. The third-order valence-electron chi connectivity index (χ3n) is 6.29. The van der Waals surface area contributed by atoms with E-state index in [9.17, 15) is 14.7 Å². The maximum atomic E-state index is 13.2. The zero-order chi connectivity index (χ0) is 24.1. The van der Waals surface area contributed by atoms with Crippen LogP contribution in [0.25, 0.3) is 5.76 Å². The number of Topliss-reactive ketones (excluding diaryl/α,β-unsaturated/α-hetero) is 1. The van der Waals surface area contributed by atoms with Crippen molar-refractivity contribution in [3.8, 4) is 11.5 Å². The number of carbonyl (C=O) groups is 2. The molecule has 2 aromatic rings. The first kappa shape index (κ1) is 23.8. The third-order valence-corrected chi connectivity index (χ3v) is 6.29. The molecule has 2 aliphatic rings. The number of hydrogen-bond acceptors (Lipinski definition) is 7. The molecule has 4 rings (SSSR count). The number of rotatable bonds is 8. The largest absolute Gasteiger partial charge is 0.507 e. The van der Waals surface area contributed by atoms with Crippen molar-refractivity contribution in [1.29, 1.82) is 0 Å².